The third-order valence-electron chi connectivity index (χ3n) is 8.39. The molecule has 5 rings (SSSR count). The van der Waals surface area contributed by atoms with E-state index in [9.17, 15) is 39.2 Å². The first kappa shape index (κ1) is 36.3. The van der Waals surface area contributed by atoms with Crippen LogP contribution in [0.2, 0.25) is 0 Å². The number of thiophene rings is 1. The normalized spacial score (nSPS) is 18.6. The second-order valence-electron chi connectivity index (χ2n) is 11.6. The predicted molar refractivity (Wildman–Crippen MR) is 188 cm³/mol. The average molecular weight is 709 g/mol. The van der Waals surface area contributed by atoms with E-state index in [1.165, 1.54) is 47.8 Å². The third-order valence-corrected chi connectivity index (χ3v) is 9.41. The molecule has 0 amide bonds. The maximum Gasteiger partial charge on any atom is 0.426 e. The number of alkyl halides is 3. The molecule has 0 saturated carbocycles. The molecule has 3 atom stereocenters. The molecule has 3 aromatic carbocycles. The van der Waals surface area contributed by atoms with Gasteiger partial charge in [0.25, 0.3) is 0 Å². The molecule has 1 aliphatic heterocycles. The molecule has 0 radical (unpaired) electrons. The summed E-state index contributed by atoms with van der Waals surface area (Å²) in [6.07, 6.45) is -1.21. The molecule has 0 aliphatic carbocycles. The maximum absolute atomic E-state index is 14.7. The van der Waals surface area contributed by atoms with Crippen LogP contribution in [0.5, 0.6) is 11.5 Å². The minimum absolute atomic E-state index is 0.00319. The van der Waals surface area contributed by atoms with E-state index in [2.05, 4.69) is 0 Å². The molecule has 2 heterocycles. The van der Waals surface area contributed by atoms with Crippen LogP contribution in [-0.4, -0.2) is 42.7 Å². The smallest absolute Gasteiger partial charge is 0.426 e. The van der Waals surface area contributed by atoms with Crippen LogP contribution in [0.3, 0.4) is 0 Å². The van der Waals surface area contributed by atoms with Gasteiger partial charge in [0, 0.05) is 40.7 Å². The van der Waals surface area contributed by atoms with Crippen LogP contribution in [0.1, 0.15) is 26.4 Å². The predicted octanol–water partition coefficient (Wildman–Crippen LogP) is 7.98. The Morgan fingerprint density at radius 3 is 2.27 bits per heavy atom. The lowest BCUT2D eigenvalue weighted by molar-refractivity contribution is -0.211. The average Bonchev–Trinajstić information content (AvgIpc) is 3.73. The minimum atomic E-state index is -5.01. The van der Waals surface area contributed by atoms with Crippen LogP contribution in [0.4, 0.5) is 18.9 Å². The largest absolute Gasteiger partial charge is 0.508 e. The molecule has 4 aromatic rings. The number of rotatable bonds is 11. The van der Waals surface area contributed by atoms with Crippen LogP contribution in [0.25, 0.3) is 18.2 Å². The Balaban J connectivity index is 1.51. The van der Waals surface area contributed by atoms with Crippen LogP contribution in [0.15, 0.2) is 102 Å². The molecule has 1 aromatic heterocycles. The summed E-state index contributed by atoms with van der Waals surface area (Å²) < 4.78 is 55.7. The summed E-state index contributed by atoms with van der Waals surface area (Å²) in [7, 11) is 1.87. The lowest BCUT2D eigenvalue weighted by Crippen LogP contribution is -2.47. The Hall–Kier alpha value is -6.00. The lowest BCUT2D eigenvalue weighted by atomic mass is 9.67. The van der Waals surface area contributed by atoms with E-state index >= 15 is 0 Å². The number of nitrogens with zero attached hydrogens (tertiary/aromatic N) is 4. The summed E-state index contributed by atoms with van der Waals surface area (Å²) in [5, 5.41) is 48.5. The SMILES string of the molecule is CN(CCO)c1ccc(/C=C/c2ccc(/C=C/C3(c4ccc(O)cc4)C(C#N)C(=C(C#N)C#N)OC3C(F)(F)F)s2)c(OCc2ccccc2)c1. The molecule has 1 saturated heterocycles. The fraction of sp³-hybridized carbons (Fsp3) is 0.205. The Labute approximate surface area is 297 Å². The quantitative estimate of drug-likeness (QED) is 0.150. The summed E-state index contributed by atoms with van der Waals surface area (Å²) in [6.45, 7) is 0.759. The number of hydrogen-bond donors (Lipinski definition) is 2. The van der Waals surface area contributed by atoms with Crippen molar-refractivity contribution < 1.29 is 32.9 Å². The van der Waals surface area contributed by atoms with Crippen LogP contribution < -0.4 is 9.64 Å². The van der Waals surface area contributed by atoms with Gasteiger partial charge in [-0.05, 0) is 65.8 Å². The van der Waals surface area contributed by atoms with Gasteiger partial charge < -0.3 is 24.6 Å². The first-order valence-corrected chi connectivity index (χ1v) is 16.4. The van der Waals surface area contributed by atoms with Crippen LogP contribution in [0, 0.1) is 39.9 Å². The number of phenols is 1. The van der Waals surface area contributed by atoms with Gasteiger partial charge in [0.05, 0.1) is 18.1 Å². The first-order chi connectivity index (χ1) is 24.5. The standard InChI is InChI=1S/C39H31F3N4O4S/c1-46(19-20-47)30-11-7-27(35(21-30)49-25-26-5-3-2-4-6-26)8-14-32-15-16-33(51-32)17-18-38(29-9-12-31(48)13-10-29)34(24-45)36(28(22-43)23-44)50-37(38)39(40,41)42/h2-18,21,34,37,47-48H,19-20,25H2,1H3/b14-8+,18-17+. The number of aliphatic hydroxyl groups excluding tert-OH is 1. The zero-order valence-electron chi connectivity index (χ0n) is 27.2. The fourth-order valence-electron chi connectivity index (χ4n) is 5.83. The zero-order chi connectivity index (χ0) is 36.6. The molecule has 3 unspecified atom stereocenters. The Kier molecular flexibility index (Phi) is 11.2. The van der Waals surface area contributed by atoms with E-state index in [0.717, 1.165) is 21.7 Å². The van der Waals surface area contributed by atoms with Crippen molar-refractivity contribution >= 4 is 35.3 Å². The summed E-state index contributed by atoms with van der Waals surface area (Å²) in [5.74, 6) is -1.93. The topological polar surface area (TPSA) is 134 Å². The number of likely N-dealkylation sites (N-methyl/N-ethyl adjacent to an activating group) is 1. The van der Waals surface area contributed by atoms with Crippen molar-refractivity contribution in [3.63, 3.8) is 0 Å². The summed E-state index contributed by atoms with van der Waals surface area (Å²) in [6, 6.07) is 28.8. The van der Waals surface area contributed by atoms with Crippen molar-refractivity contribution in [1.29, 1.82) is 15.8 Å². The van der Waals surface area contributed by atoms with Crippen molar-refractivity contribution in [1.82, 2.24) is 0 Å². The highest BCUT2D eigenvalue weighted by Crippen LogP contribution is 2.55. The monoisotopic (exact) mass is 708 g/mol. The van der Waals surface area contributed by atoms with Crippen molar-refractivity contribution in [3.8, 4) is 29.7 Å². The number of aromatic hydroxyl groups is 1. The second kappa shape index (κ2) is 15.7. The molecule has 1 aliphatic rings. The Morgan fingerprint density at radius 1 is 0.961 bits per heavy atom. The number of benzene rings is 3. The molecular weight excluding hydrogens is 678 g/mol. The summed E-state index contributed by atoms with van der Waals surface area (Å²) >= 11 is 1.28. The van der Waals surface area contributed by atoms with Gasteiger partial charge in [-0.15, -0.1) is 11.3 Å². The summed E-state index contributed by atoms with van der Waals surface area (Å²) in [4.78, 5) is 3.24. The van der Waals surface area contributed by atoms with E-state index in [1.807, 2.05) is 78.7 Å². The number of allylic oxidation sites excluding steroid dienone is 2. The van der Waals surface area contributed by atoms with Gasteiger partial charge in [-0.1, -0.05) is 48.5 Å². The van der Waals surface area contributed by atoms with Gasteiger partial charge in [0.1, 0.15) is 41.9 Å². The lowest BCUT2D eigenvalue weighted by Gasteiger charge is -2.33. The van der Waals surface area contributed by atoms with Gasteiger partial charge in [-0.2, -0.15) is 29.0 Å². The number of nitriles is 3. The zero-order valence-corrected chi connectivity index (χ0v) is 28.0. The highest BCUT2D eigenvalue weighted by Gasteiger charge is 2.65. The van der Waals surface area contributed by atoms with Crippen LogP contribution in [-0.2, 0) is 16.8 Å². The molecule has 12 heteroatoms. The van der Waals surface area contributed by atoms with Gasteiger partial charge in [0.2, 0.25) is 6.10 Å². The molecule has 51 heavy (non-hydrogen) atoms. The van der Waals surface area contributed by atoms with E-state index < -0.39 is 34.9 Å². The third kappa shape index (κ3) is 7.92. The van der Waals surface area contributed by atoms with E-state index in [4.69, 9.17) is 9.47 Å². The highest BCUT2D eigenvalue weighted by atomic mass is 32.1. The highest BCUT2D eigenvalue weighted by molar-refractivity contribution is 7.13. The van der Waals surface area contributed by atoms with Crippen molar-refractivity contribution in [2.24, 2.45) is 5.92 Å². The number of aliphatic hydroxyl groups is 1. The van der Waals surface area contributed by atoms with Crippen LogP contribution >= 0.6 is 11.3 Å². The van der Waals surface area contributed by atoms with Gasteiger partial charge in [-0.25, -0.2) is 0 Å². The first-order valence-electron chi connectivity index (χ1n) is 15.6. The number of anilines is 1. The summed E-state index contributed by atoms with van der Waals surface area (Å²) in [5.41, 5.74) is -0.308. The van der Waals surface area contributed by atoms with Crippen molar-refractivity contribution in [2.45, 2.75) is 24.3 Å². The molecule has 2 N–H and O–H groups in total. The van der Waals surface area contributed by atoms with E-state index in [0.29, 0.717) is 23.8 Å². The Bertz CT molecular complexity index is 2060. The minimum Gasteiger partial charge on any atom is -0.508 e. The molecule has 0 spiro atoms. The maximum atomic E-state index is 14.7. The number of hydrogen-bond acceptors (Lipinski definition) is 9. The molecule has 0 bridgehead atoms. The van der Waals surface area contributed by atoms with E-state index in [-0.39, 0.29) is 17.9 Å². The number of ether oxygens (including phenoxy) is 2. The second-order valence-corrected chi connectivity index (χ2v) is 12.7. The van der Waals surface area contributed by atoms with Gasteiger partial charge in [0.15, 0.2) is 5.57 Å². The van der Waals surface area contributed by atoms with E-state index in [1.54, 1.807) is 24.3 Å². The molecule has 258 valence electrons. The Morgan fingerprint density at radius 2 is 1.65 bits per heavy atom. The number of phenolic OH excluding ortho intramolecular Hbond substituents is 1. The number of halogens is 3. The van der Waals surface area contributed by atoms with Crippen molar-refractivity contribution in [3.05, 3.63) is 129 Å². The molecule has 1 fully saturated rings. The molecular formula is C39H31F3N4O4S. The molecule has 8 nitrogen and oxygen atoms in total. The fourth-order valence-corrected chi connectivity index (χ4v) is 6.64. The van der Waals surface area contributed by atoms with Gasteiger partial charge in [-0.3, -0.25) is 0 Å². The van der Waals surface area contributed by atoms with Crippen molar-refractivity contribution in [2.75, 3.05) is 25.1 Å². The van der Waals surface area contributed by atoms with Gasteiger partial charge >= 0.3 is 6.18 Å².